The van der Waals surface area contributed by atoms with Gasteiger partial charge in [0.05, 0.1) is 41.7 Å². The fraction of sp³-hybridized carbons (Fsp3) is 0.375. The third-order valence-electron chi connectivity index (χ3n) is 6.28. The van der Waals surface area contributed by atoms with Gasteiger partial charge in [-0.3, -0.25) is 14.2 Å². The molecule has 0 spiro atoms. The van der Waals surface area contributed by atoms with Crippen LogP contribution in [0.5, 0.6) is 17.2 Å². The van der Waals surface area contributed by atoms with Crippen molar-refractivity contribution in [2.24, 2.45) is 10.9 Å². The van der Waals surface area contributed by atoms with Crippen molar-refractivity contribution in [3.05, 3.63) is 84.5 Å². The van der Waals surface area contributed by atoms with Gasteiger partial charge < -0.3 is 18.9 Å². The molecule has 1 atom stereocenters. The van der Waals surface area contributed by atoms with Crippen LogP contribution in [0.15, 0.2) is 63.5 Å². The monoisotopic (exact) mass is 592 g/mol. The number of aromatic nitrogens is 1. The van der Waals surface area contributed by atoms with Gasteiger partial charge in [-0.2, -0.15) is 0 Å². The zero-order valence-corrected chi connectivity index (χ0v) is 25.6. The minimum Gasteiger partial charge on any atom is -0.494 e. The molecule has 1 aromatic heterocycles. The number of carbonyl (C=O) groups excluding carboxylic acids is 2. The zero-order valence-electron chi connectivity index (χ0n) is 24.8. The molecule has 10 heteroatoms. The van der Waals surface area contributed by atoms with E-state index in [-0.39, 0.29) is 29.4 Å². The van der Waals surface area contributed by atoms with Crippen LogP contribution < -0.4 is 29.1 Å². The van der Waals surface area contributed by atoms with Crippen LogP contribution in [0.2, 0.25) is 0 Å². The second-order valence-electron chi connectivity index (χ2n) is 10.2. The number of esters is 2. The van der Waals surface area contributed by atoms with Gasteiger partial charge in [0.15, 0.2) is 16.3 Å². The number of benzene rings is 2. The lowest BCUT2D eigenvalue weighted by molar-refractivity contribution is -0.140. The van der Waals surface area contributed by atoms with E-state index in [2.05, 4.69) is 4.99 Å². The largest absolute Gasteiger partial charge is 0.494 e. The number of hydrogen-bond acceptors (Lipinski definition) is 9. The summed E-state index contributed by atoms with van der Waals surface area (Å²) in [5.41, 5.74) is 1.84. The molecule has 9 nitrogen and oxygen atoms in total. The Balaban J connectivity index is 1.86. The molecule has 0 fully saturated rings. The van der Waals surface area contributed by atoms with Crippen LogP contribution in [0.4, 0.5) is 0 Å². The molecule has 0 saturated heterocycles. The third kappa shape index (κ3) is 6.99. The van der Waals surface area contributed by atoms with Gasteiger partial charge in [0, 0.05) is 6.92 Å². The van der Waals surface area contributed by atoms with Gasteiger partial charge in [-0.25, -0.2) is 9.79 Å². The fourth-order valence-electron chi connectivity index (χ4n) is 4.45. The molecular weight excluding hydrogens is 556 g/mol. The van der Waals surface area contributed by atoms with Crippen LogP contribution in [0.1, 0.15) is 65.1 Å². The van der Waals surface area contributed by atoms with Gasteiger partial charge >= 0.3 is 11.9 Å². The zero-order chi connectivity index (χ0) is 30.4. The lowest BCUT2D eigenvalue weighted by atomic mass is 9.95. The predicted octanol–water partition coefficient (Wildman–Crippen LogP) is 4.55. The maximum Gasteiger partial charge on any atom is 0.338 e. The van der Waals surface area contributed by atoms with E-state index in [9.17, 15) is 14.4 Å². The number of ether oxygens (including phenoxy) is 4. The normalized spacial score (nSPS) is 14.8. The number of allylic oxidation sites excluding steroid dienone is 1. The van der Waals surface area contributed by atoms with Crippen LogP contribution in [-0.4, -0.2) is 36.3 Å². The van der Waals surface area contributed by atoms with Crippen LogP contribution >= 0.6 is 11.3 Å². The summed E-state index contributed by atoms with van der Waals surface area (Å²) in [5.74, 6) is 0.418. The van der Waals surface area contributed by atoms with Gasteiger partial charge in [0.2, 0.25) is 0 Å². The number of hydrogen-bond donors (Lipinski definition) is 0. The third-order valence-corrected chi connectivity index (χ3v) is 7.26. The van der Waals surface area contributed by atoms with Crippen LogP contribution in [0.3, 0.4) is 0 Å². The van der Waals surface area contributed by atoms with E-state index < -0.39 is 18.0 Å². The van der Waals surface area contributed by atoms with Gasteiger partial charge in [-0.15, -0.1) is 0 Å². The topological polar surface area (TPSA) is 105 Å². The molecule has 0 unspecified atom stereocenters. The molecular formula is C32H36N2O7S. The highest BCUT2D eigenvalue weighted by atomic mass is 32.1. The first-order chi connectivity index (χ1) is 20.1. The number of rotatable bonds is 11. The molecule has 4 rings (SSSR count). The average molecular weight is 593 g/mol. The summed E-state index contributed by atoms with van der Waals surface area (Å²) in [7, 11) is 0. The highest BCUT2D eigenvalue weighted by molar-refractivity contribution is 7.07. The summed E-state index contributed by atoms with van der Waals surface area (Å²) >= 11 is 1.25. The van der Waals surface area contributed by atoms with Gasteiger partial charge in [-0.05, 0) is 67.7 Å². The highest BCUT2D eigenvalue weighted by Gasteiger charge is 2.34. The number of nitrogens with zero attached hydrogens (tertiary/aromatic N) is 2. The Kier molecular flexibility index (Phi) is 10.0. The molecule has 0 saturated carbocycles. The lowest BCUT2D eigenvalue weighted by Gasteiger charge is -2.25. The van der Waals surface area contributed by atoms with Gasteiger partial charge in [0.1, 0.15) is 5.75 Å². The second-order valence-corrected chi connectivity index (χ2v) is 11.2. The van der Waals surface area contributed by atoms with E-state index in [0.29, 0.717) is 39.6 Å². The molecule has 0 bridgehead atoms. The number of carbonyl (C=O) groups is 2. The molecule has 0 N–H and O–H groups in total. The Hall–Kier alpha value is -4.18. The number of fused-ring (bicyclic) bond motifs is 1. The van der Waals surface area contributed by atoms with Crippen LogP contribution in [0, 0.1) is 5.92 Å². The first-order valence-corrected chi connectivity index (χ1v) is 14.8. The minimum atomic E-state index is -0.835. The molecule has 0 amide bonds. The van der Waals surface area contributed by atoms with E-state index in [0.717, 1.165) is 17.7 Å². The molecule has 1 aliphatic rings. The van der Waals surface area contributed by atoms with Crippen molar-refractivity contribution in [2.75, 3.05) is 19.8 Å². The van der Waals surface area contributed by atoms with Crippen molar-refractivity contribution in [3.63, 3.8) is 0 Å². The molecule has 2 aromatic carbocycles. The van der Waals surface area contributed by atoms with Crippen molar-refractivity contribution in [3.8, 4) is 17.2 Å². The maximum absolute atomic E-state index is 14.0. The Labute approximate surface area is 248 Å². The summed E-state index contributed by atoms with van der Waals surface area (Å²) in [6.45, 7) is 12.0. The molecule has 2 heterocycles. The highest BCUT2D eigenvalue weighted by Crippen LogP contribution is 2.36. The Bertz CT molecular complexity index is 1670. The SMILES string of the molecule is CCCOc1ccc(/C=c2/sc3n(c2=O)[C@H](c2ccc(OC(C)=O)c(OCC)c2)C(C(=O)OCC(C)C)=C(C)N=3)cc1. The Morgan fingerprint density at radius 1 is 1.07 bits per heavy atom. The number of thiazole rings is 1. The average Bonchev–Trinajstić information content (AvgIpc) is 3.25. The smallest absolute Gasteiger partial charge is 0.338 e. The van der Waals surface area contributed by atoms with Crippen molar-refractivity contribution >= 4 is 29.4 Å². The minimum absolute atomic E-state index is 0.126. The Morgan fingerprint density at radius 2 is 1.81 bits per heavy atom. The van der Waals surface area contributed by atoms with Crippen molar-refractivity contribution in [2.45, 2.75) is 54.0 Å². The summed E-state index contributed by atoms with van der Waals surface area (Å²) in [4.78, 5) is 44.2. The summed E-state index contributed by atoms with van der Waals surface area (Å²) in [6.07, 6.45) is 2.71. The van der Waals surface area contributed by atoms with E-state index in [4.69, 9.17) is 18.9 Å². The maximum atomic E-state index is 14.0. The molecule has 0 radical (unpaired) electrons. The van der Waals surface area contributed by atoms with E-state index in [1.165, 1.54) is 22.8 Å². The molecule has 1 aliphatic heterocycles. The van der Waals surface area contributed by atoms with Crippen molar-refractivity contribution < 1.29 is 28.5 Å². The second kappa shape index (κ2) is 13.7. The molecule has 3 aromatic rings. The Morgan fingerprint density at radius 3 is 2.45 bits per heavy atom. The summed E-state index contributed by atoms with van der Waals surface area (Å²) < 4.78 is 24.4. The molecule has 0 aliphatic carbocycles. The van der Waals surface area contributed by atoms with Crippen LogP contribution in [0.25, 0.3) is 6.08 Å². The summed E-state index contributed by atoms with van der Waals surface area (Å²) in [6, 6.07) is 11.7. The van der Waals surface area contributed by atoms with Crippen molar-refractivity contribution in [1.82, 2.24) is 4.57 Å². The van der Waals surface area contributed by atoms with Gasteiger partial charge in [0.25, 0.3) is 5.56 Å². The quantitative estimate of drug-likeness (QED) is 0.238. The molecule has 42 heavy (non-hydrogen) atoms. The summed E-state index contributed by atoms with van der Waals surface area (Å²) in [5, 5.41) is 0. The van der Waals surface area contributed by atoms with Crippen LogP contribution in [-0.2, 0) is 14.3 Å². The first-order valence-electron chi connectivity index (χ1n) is 14.0. The van der Waals surface area contributed by atoms with E-state index in [1.54, 1.807) is 31.2 Å². The lowest BCUT2D eigenvalue weighted by Crippen LogP contribution is -2.40. The van der Waals surface area contributed by atoms with E-state index in [1.807, 2.05) is 52.0 Å². The predicted molar refractivity (Wildman–Crippen MR) is 161 cm³/mol. The van der Waals surface area contributed by atoms with Gasteiger partial charge in [-0.1, -0.05) is 50.3 Å². The standard InChI is InChI=1S/C32H36N2O7S/c1-7-15-39-24-12-9-22(10-13-24)16-27-30(36)34-29(23-11-14-25(41-21(6)35)26(17-23)38-8-2)28(20(5)33-32(34)42-27)31(37)40-18-19(3)4/h9-14,16-17,19,29H,7-8,15,18H2,1-6H3/b27-16+/t29-/m1/s1. The van der Waals surface area contributed by atoms with E-state index >= 15 is 0 Å². The molecule has 222 valence electrons. The fourth-order valence-corrected chi connectivity index (χ4v) is 5.50. The van der Waals surface area contributed by atoms with Crippen molar-refractivity contribution in [1.29, 1.82) is 0 Å². The first kappa shape index (κ1) is 30.8.